The molecule has 62 valence electrons. The van der Waals surface area contributed by atoms with Gasteiger partial charge in [-0.2, -0.15) is 0 Å². The van der Waals surface area contributed by atoms with Crippen LogP contribution in [-0.4, -0.2) is 19.1 Å². The summed E-state index contributed by atoms with van der Waals surface area (Å²) in [5.41, 5.74) is 0. The Kier molecular flexibility index (Phi) is 2.52. The van der Waals surface area contributed by atoms with Crippen molar-refractivity contribution in [1.82, 2.24) is 5.32 Å². The van der Waals surface area contributed by atoms with E-state index in [1.54, 1.807) is 0 Å². The van der Waals surface area contributed by atoms with Crippen molar-refractivity contribution in [3.63, 3.8) is 0 Å². The summed E-state index contributed by atoms with van der Waals surface area (Å²) in [6, 6.07) is 0. The van der Waals surface area contributed by atoms with Crippen LogP contribution in [0.25, 0.3) is 0 Å². The molecule has 0 atom stereocenters. The van der Waals surface area contributed by atoms with Crippen molar-refractivity contribution in [1.29, 1.82) is 0 Å². The van der Waals surface area contributed by atoms with Crippen LogP contribution in [0, 0.1) is 5.92 Å². The largest absolute Gasteiger partial charge is 0.496 e. The number of amides is 1. The lowest BCUT2D eigenvalue weighted by Gasteiger charge is -2.07. The Labute approximate surface area is 66.4 Å². The average Bonchev–Trinajstić information content (AvgIpc) is 2.31. The van der Waals surface area contributed by atoms with Crippen LogP contribution >= 0.6 is 0 Å². The summed E-state index contributed by atoms with van der Waals surface area (Å²) in [5, 5.41) is 2.64. The van der Waals surface area contributed by atoms with Gasteiger partial charge in [0, 0.05) is 6.08 Å². The van der Waals surface area contributed by atoms with Crippen molar-refractivity contribution in [3.8, 4) is 0 Å². The first-order chi connectivity index (χ1) is 5.18. The third kappa shape index (κ3) is 2.62. The molecule has 1 aliphatic heterocycles. The van der Waals surface area contributed by atoms with Crippen molar-refractivity contribution in [2.45, 2.75) is 13.8 Å². The molecule has 0 unspecified atom stereocenters. The Bertz CT molecular complexity index is 185. The summed E-state index contributed by atoms with van der Waals surface area (Å²) in [4.78, 5) is 10.6. The van der Waals surface area contributed by atoms with E-state index in [0.29, 0.717) is 19.1 Å². The molecule has 11 heavy (non-hydrogen) atoms. The van der Waals surface area contributed by atoms with Gasteiger partial charge in [0.25, 0.3) is 0 Å². The molecule has 0 spiro atoms. The lowest BCUT2D eigenvalue weighted by molar-refractivity contribution is -0.115. The molecule has 1 amide bonds. The van der Waals surface area contributed by atoms with Gasteiger partial charge < -0.3 is 10.1 Å². The number of nitrogens with one attached hydrogen (secondary N) is 1. The van der Waals surface area contributed by atoms with Crippen LogP contribution in [0.1, 0.15) is 13.8 Å². The summed E-state index contributed by atoms with van der Waals surface area (Å²) >= 11 is 0. The predicted molar refractivity (Wildman–Crippen MR) is 41.9 cm³/mol. The van der Waals surface area contributed by atoms with Crippen LogP contribution < -0.4 is 5.32 Å². The molecule has 0 fully saturated rings. The molecule has 1 aliphatic rings. The minimum absolute atomic E-state index is 0.0521. The fourth-order valence-electron chi connectivity index (χ4n) is 0.789. The molecule has 3 heteroatoms. The number of hydrogen-bond acceptors (Lipinski definition) is 2. The van der Waals surface area contributed by atoms with Gasteiger partial charge in [-0.25, -0.2) is 0 Å². The Morgan fingerprint density at radius 1 is 1.73 bits per heavy atom. The van der Waals surface area contributed by atoms with Gasteiger partial charge in [0.15, 0.2) is 0 Å². The minimum Gasteiger partial charge on any atom is -0.496 e. The highest BCUT2D eigenvalue weighted by atomic mass is 16.5. The smallest absolute Gasteiger partial charge is 0.247 e. The van der Waals surface area contributed by atoms with Crippen molar-refractivity contribution < 1.29 is 9.53 Å². The normalized spacial score (nSPS) is 16.6. The van der Waals surface area contributed by atoms with E-state index in [4.69, 9.17) is 4.74 Å². The van der Waals surface area contributed by atoms with Crippen molar-refractivity contribution in [2.24, 2.45) is 5.92 Å². The molecule has 3 nitrogen and oxygen atoms in total. The lowest BCUT2D eigenvalue weighted by Crippen LogP contribution is -2.15. The van der Waals surface area contributed by atoms with Gasteiger partial charge in [-0.3, -0.25) is 4.79 Å². The molecule has 0 aromatic rings. The van der Waals surface area contributed by atoms with Gasteiger partial charge in [-0.05, 0) is 5.92 Å². The maximum Gasteiger partial charge on any atom is 0.247 e. The van der Waals surface area contributed by atoms with E-state index >= 15 is 0 Å². The molecule has 0 saturated carbocycles. The number of hydrogen-bond donors (Lipinski definition) is 1. The predicted octanol–water partition coefficient (Wildman–Crippen LogP) is 0.673. The van der Waals surface area contributed by atoms with E-state index in [1.807, 2.05) is 0 Å². The van der Waals surface area contributed by atoms with Gasteiger partial charge in [-0.15, -0.1) is 0 Å². The molecule has 0 aromatic heterocycles. The van der Waals surface area contributed by atoms with Crippen LogP contribution in [0.2, 0.25) is 0 Å². The third-order valence-corrected chi connectivity index (χ3v) is 1.33. The summed E-state index contributed by atoms with van der Waals surface area (Å²) in [5.74, 6) is 1.21. The van der Waals surface area contributed by atoms with Crippen LogP contribution in [0.5, 0.6) is 0 Å². The average molecular weight is 155 g/mol. The van der Waals surface area contributed by atoms with Gasteiger partial charge in [0.1, 0.15) is 5.76 Å². The number of carbonyl (C=O) groups is 1. The molecule has 0 aliphatic carbocycles. The lowest BCUT2D eigenvalue weighted by atomic mass is 10.2. The van der Waals surface area contributed by atoms with E-state index in [1.165, 1.54) is 6.08 Å². The Balaban J connectivity index is 2.27. The van der Waals surface area contributed by atoms with Crippen molar-refractivity contribution >= 4 is 5.91 Å². The number of ether oxygens (including phenoxy) is 1. The Morgan fingerprint density at radius 3 is 2.91 bits per heavy atom. The van der Waals surface area contributed by atoms with Gasteiger partial charge in [0.05, 0.1) is 13.2 Å². The number of carbonyl (C=O) groups excluding carboxylic acids is 1. The Morgan fingerprint density at radius 2 is 2.45 bits per heavy atom. The van der Waals surface area contributed by atoms with Crippen LogP contribution in [0.3, 0.4) is 0 Å². The van der Waals surface area contributed by atoms with E-state index in [0.717, 1.165) is 5.76 Å². The monoisotopic (exact) mass is 155 g/mol. The first-order valence-electron chi connectivity index (χ1n) is 3.79. The fraction of sp³-hybridized carbons (Fsp3) is 0.625. The quantitative estimate of drug-likeness (QED) is 0.650. The second kappa shape index (κ2) is 3.42. The highest BCUT2D eigenvalue weighted by Crippen LogP contribution is 2.04. The van der Waals surface area contributed by atoms with Crippen LogP contribution in [0.15, 0.2) is 11.8 Å². The maximum absolute atomic E-state index is 10.6. The summed E-state index contributed by atoms with van der Waals surface area (Å²) in [7, 11) is 0. The molecule has 0 radical (unpaired) electrons. The SMILES string of the molecule is CC(C)COC1=CC(=O)NC1. The summed E-state index contributed by atoms with van der Waals surface area (Å²) < 4.78 is 5.31. The molecule has 0 saturated heterocycles. The summed E-state index contributed by atoms with van der Waals surface area (Å²) in [6.45, 7) is 5.38. The van der Waals surface area contributed by atoms with E-state index in [9.17, 15) is 4.79 Å². The first kappa shape index (κ1) is 8.11. The van der Waals surface area contributed by atoms with Crippen LogP contribution in [0.4, 0.5) is 0 Å². The second-order valence-corrected chi connectivity index (χ2v) is 3.03. The number of rotatable bonds is 3. The van der Waals surface area contributed by atoms with Crippen molar-refractivity contribution in [2.75, 3.05) is 13.2 Å². The molecule has 0 bridgehead atoms. The highest BCUT2D eigenvalue weighted by molar-refractivity contribution is 5.90. The molecule has 0 aromatic carbocycles. The zero-order valence-electron chi connectivity index (χ0n) is 6.89. The first-order valence-corrected chi connectivity index (χ1v) is 3.79. The highest BCUT2D eigenvalue weighted by Gasteiger charge is 2.11. The standard InChI is InChI=1S/C8H13NO2/c1-6(2)5-11-7-3-8(10)9-4-7/h3,6H,4-5H2,1-2H3,(H,9,10). The molecular weight excluding hydrogens is 142 g/mol. The van der Waals surface area contributed by atoms with Crippen LogP contribution in [-0.2, 0) is 9.53 Å². The molecular formula is C8H13NO2. The fourth-order valence-corrected chi connectivity index (χ4v) is 0.789. The van der Waals surface area contributed by atoms with E-state index in [2.05, 4.69) is 19.2 Å². The second-order valence-electron chi connectivity index (χ2n) is 3.03. The van der Waals surface area contributed by atoms with Gasteiger partial charge >= 0.3 is 0 Å². The molecule has 1 rings (SSSR count). The third-order valence-electron chi connectivity index (χ3n) is 1.33. The topological polar surface area (TPSA) is 38.3 Å². The van der Waals surface area contributed by atoms with Crippen molar-refractivity contribution in [3.05, 3.63) is 11.8 Å². The zero-order valence-corrected chi connectivity index (χ0v) is 6.89. The van der Waals surface area contributed by atoms with Gasteiger partial charge in [-0.1, -0.05) is 13.8 Å². The maximum atomic E-state index is 10.6. The van der Waals surface area contributed by atoms with E-state index < -0.39 is 0 Å². The van der Waals surface area contributed by atoms with Gasteiger partial charge in [0.2, 0.25) is 5.91 Å². The zero-order chi connectivity index (χ0) is 8.27. The summed E-state index contributed by atoms with van der Waals surface area (Å²) in [6.07, 6.45) is 1.50. The Hall–Kier alpha value is -0.990. The molecule has 1 N–H and O–H groups in total. The minimum atomic E-state index is -0.0521. The van der Waals surface area contributed by atoms with E-state index in [-0.39, 0.29) is 5.91 Å². The molecule has 1 heterocycles.